The molecule has 5 N–H and O–H groups in total. The molecule has 2 aliphatic heterocycles. The van der Waals surface area contributed by atoms with E-state index in [-0.39, 0.29) is 22.8 Å². The zero-order valence-corrected chi connectivity index (χ0v) is 15.8. The molecule has 1 aromatic carbocycles. The highest BCUT2D eigenvalue weighted by Crippen LogP contribution is 2.47. The maximum Gasteiger partial charge on any atom is 0.404 e. The van der Waals surface area contributed by atoms with E-state index >= 15 is 0 Å². The molecule has 0 saturated carbocycles. The normalized spacial score (nSPS) is 30.5. The summed E-state index contributed by atoms with van der Waals surface area (Å²) in [5.74, 6) is -1.12. The number of amides is 1. The van der Waals surface area contributed by atoms with Gasteiger partial charge in [0.25, 0.3) is 0 Å². The van der Waals surface area contributed by atoms with Gasteiger partial charge >= 0.3 is 11.7 Å². The van der Waals surface area contributed by atoms with Crippen LogP contribution in [0, 0.1) is 6.92 Å². The van der Waals surface area contributed by atoms with E-state index in [1.165, 1.54) is 19.2 Å². The highest BCUT2D eigenvalue weighted by Gasteiger charge is 2.68. The third kappa shape index (κ3) is 3.03. The number of nitrogens with one attached hydrogen (secondary N) is 1. The number of primary amides is 1. The second kappa shape index (κ2) is 6.51. The first kappa shape index (κ1) is 19.3. The molecule has 11 nitrogen and oxygen atoms in total. The largest absolute Gasteiger partial charge is 0.505 e. The number of aromatic hydroxyl groups is 1. The smallest absolute Gasteiger partial charge is 0.404 e. The van der Waals surface area contributed by atoms with Gasteiger partial charge in [0, 0.05) is 12.6 Å². The van der Waals surface area contributed by atoms with Crippen LogP contribution >= 0.6 is 0 Å². The van der Waals surface area contributed by atoms with Gasteiger partial charge in [0.2, 0.25) is 12.1 Å². The molecule has 0 radical (unpaired) electrons. The standard InChI is InChI=1S/C18H20N2O9/c1-6-8(5-4-7-10(21)9(20-3)15(23)26-12(6)7)25-16-11(22)13(27-17(19)24)14-18(2,28-14)29-16/h4-5,11,13-14,16,20-22H,1-3H3,(H2,19,24). The predicted octanol–water partition coefficient (Wildman–Crippen LogP) is 0.524. The van der Waals surface area contributed by atoms with E-state index in [4.69, 9.17) is 29.1 Å². The number of aliphatic hydroxyl groups is 1. The van der Waals surface area contributed by atoms with Gasteiger partial charge in [0.1, 0.15) is 11.3 Å². The molecule has 0 bridgehead atoms. The Labute approximate surface area is 163 Å². The number of hydrogen-bond acceptors (Lipinski definition) is 10. The van der Waals surface area contributed by atoms with E-state index in [1.807, 2.05) is 0 Å². The van der Waals surface area contributed by atoms with Crippen LogP contribution in [-0.4, -0.2) is 53.7 Å². The maximum atomic E-state index is 12.1. The summed E-state index contributed by atoms with van der Waals surface area (Å²) in [4.78, 5) is 23.2. The Balaban J connectivity index is 1.68. The summed E-state index contributed by atoms with van der Waals surface area (Å²) in [5.41, 5.74) is 4.77. The van der Waals surface area contributed by atoms with E-state index in [2.05, 4.69) is 5.32 Å². The number of hydrogen-bond donors (Lipinski definition) is 4. The van der Waals surface area contributed by atoms with Gasteiger partial charge in [-0.1, -0.05) is 0 Å². The van der Waals surface area contributed by atoms with Crippen LogP contribution in [0.4, 0.5) is 10.5 Å². The minimum atomic E-state index is -1.38. The second-order valence-electron chi connectivity index (χ2n) is 6.98. The number of carbonyl (C=O) groups excluding carboxylic acids is 1. The van der Waals surface area contributed by atoms with Crippen LogP contribution in [0.3, 0.4) is 0 Å². The van der Waals surface area contributed by atoms with Crippen molar-refractivity contribution < 1.29 is 38.4 Å². The zero-order chi connectivity index (χ0) is 21.1. The van der Waals surface area contributed by atoms with Crippen LogP contribution < -0.4 is 21.4 Å². The Morgan fingerprint density at radius 1 is 1.34 bits per heavy atom. The molecule has 2 fully saturated rings. The van der Waals surface area contributed by atoms with Crippen molar-refractivity contribution in [3.63, 3.8) is 0 Å². The molecule has 4 rings (SSSR count). The summed E-state index contributed by atoms with van der Waals surface area (Å²) >= 11 is 0. The number of ether oxygens (including phenoxy) is 4. The van der Waals surface area contributed by atoms with Crippen LogP contribution in [-0.2, 0) is 14.2 Å². The Hall–Kier alpha value is -3.02. The van der Waals surface area contributed by atoms with E-state index < -0.39 is 42.1 Å². The van der Waals surface area contributed by atoms with Crippen molar-refractivity contribution in [2.75, 3.05) is 12.4 Å². The van der Waals surface area contributed by atoms with Gasteiger partial charge in [-0.25, -0.2) is 9.59 Å². The number of nitrogens with two attached hydrogens (primary N) is 1. The number of benzene rings is 1. The van der Waals surface area contributed by atoms with Gasteiger partial charge in [-0.3, -0.25) is 0 Å². The Bertz CT molecular complexity index is 1050. The lowest BCUT2D eigenvalue weighted by molar-refractivity contribution is -0.235. The summed E-state index contributed by atoms with van der Waals surface area (Å²) in [6, 6.07) is 3.03. The molecule has 156 valence electrons. The van der Waals surface area contributed by atoms with Gasteiger partial charge in [-0.2, -0.15) is 0 Å². The first-order valence-electron chi connectivity index (χ1n) is 8.80. The third-order valence-corrected chi connectivity index (χ3v) is 5.08. The molecule has 5 unspecified atom stereocenters. The van der Waals surface area contributed by atoms with Crippen molar-refractivity contribution in [2.24, 2.45) is 5.73 Å². The molecule has 1 amide bonds. The molecule has 5 atom stereocenters. The van der Waals surface area contributed by atoms with Crippen LogP contribution in [0.5, 0.6) is 11.5 Å². The van der Waals surface area contributed by atoms with Crippen molar-refractivity contribution in [3.8, 4) is 11.5 Å². The summed E-state index contributed by atoms with van der Waals surface area (Å²) in [6.45, 7) is 3.23. The number of aliphatic hydroxyl groups excluding tert-OH is 1. The summed E-state index contributed by atoms with van der Waals surface area (Å²) in [7, 11) is 1.49. The number of aryl methyl sites for hydroxylation is 1. The van der Waals surface area contributed by atoms with E-state index in [1.54, 1.807) is 13.8 Å². The molecule has 2 aromatic rings. The van der Waals surface area contributed by atoms with E-state index in [0.29, 0.717) is 10.9 Å². The number of carbonyl (C=O) groups is 1. The SMILES string of the molecule is CNc1c(O)c2ccc(OC3OC4(C)OC4C(OC(N)=O)C3O)c(C)c2oc1=O. The van der Waals surface area contributed by atoms with Gasteiger partial charge < -0.3 is 44.6 Å². The first-order valence-corrected chi connectivity index (χ1v) is 8.80. The summed E-state index contributed by atoms with van der Waals surface area (Å²) < 4.78 is 27.1. The zero-order valence-electron chi connectivity index (χ0n) is 15.8. The number of epoxide rings is 1. The van der Waals surface area contributed by atoms with E-state index in [9.17, 15) is 19.8 Å². The summed E-state index contributed by atoms with van der Waals surface area (Å²) in [5, 5.41) is 23.7. The minimum Gasteiger partial charge on any atom is -0.505 e. The van der Waals surface area contributed by atoms with Gasteiger partial charge in [-0.15, -0.1) is 0 Å². The van der Waals surface area contributed by atoms with Gasteiger partial charge in [0.05, 0.1) is 5.39 Å². The number of rotatable bonds is 4. The third-order valence-electron chi connectivity index (χ3n) is 5.08. The monoisotopic (exact) mass is 408 g/mol. The molecule has 1 aromatic heterocycles. The van der Waals surface area contributed by atoms with Crippen LogP contribution in [0.15, 0.2) is 21.3 Å². The summed E-state index contributed by atoms with van der Waals surface area (Å²) in [6.07, 6.45) is -5.44. The average Bonchev–Trinajstić information content (AvgIpc) is 3.32. The fourth-order valence-corrected chi connectivity index (χ4v) is 3.51. The second-order valence-corrected chi connectivity index (χ2v) is 6.98. The lowest BCUT2D eigenvalue weighted by Gasteiger charge is -2.34. The molecule has 11 heteroatoms. The fourth-order valence-electron chi connectivity index (χ4n) is 3.51. The van der Waals surface area contributed by atoms with Crippen LogP contribution in [0.2, 0.25) is 0 Å². The topological polar surface area (TPSA) is 166 Å². The lowest BCUT2D eigenvalue weighted by atomic mass is 10.0. The highest BCUT2D eigenvalue weighted by molar-refractivity contribution is 5.91. The van der Waals surface area contributed by atoms with Gasteiger partial charge in [-0.05, 0) is 26.0 Å². The fraction of sp³-hybridized carbons (Fsp3) is 0.444. The first-order chi connectivity index (χ1) is 13.7. The van der Waals surface area contributed by atoms with Crippen molar-refractivity contribution in [3.05, 3.63) is 28.1 Å². The quantitative estimate of drug-likeness (QED) is 0.414. The molecular weight excluding hydrogens is 388 g/mol. The van der Waals surface area contributed by atoms with Crippen molar-refractivity contribution >= 4 is 22.7 Å². The molecule has 0 aliphatic carbocycles. The lowest BCUT2D eigenvalue weighted by Crippen LogP contribution is -2.55. The van der Waals surface area contributed by atoms with Crippen LogP contribution in [0.25, 0.3) is 11.0 Å². The number of anilines is 1. The van der Waals surface area contributed by atoms with Crippen LogP contribution in [0.1, 0.15) is 12.5 Å². The van der Waals surface area contributed by atoms with Crippen molar-refractivity contribution in [2.45, 2.75) is 44.2 Å². The molecular formula is C18H20N2O9. The van der Waals surface area contributed by atoms with Crippen molar-refractivity contribution in [1.82, 2.24) is 0 Å². The average molecular weight is 408 g/mol. The Kier molecular flexibility index (Phi) is 4.33. The molecule has 0 spiro atoms. The number of fused-ring (bicyclic) bond motifs is 2. The highest BCUT2D eigenvalue weighted by atomic mass is 16.9. The Morgan fingerprint density at radius 3 is 2.72 bits per heavy atom. The maximum absolute atomic E-state index is 12.1. The molecule has 2 saturated heterocycles. The predicted molar refractivity (Wildman–Crippen MR) is 97.7 cm³/mol. The van der Waals surface area contributed by atoms with E-state index in [0.717, 1.165) is 0 Å². The Morgan fingerprint density at radius 2 is 2.07 bits per heavy atom. The van der Waals surface area contributed by atoms with Crippen molar-refractivity contribution in [1.29, 1.82) is 0 Å². The minimum absolute atomic E-state index is 0.0621. The molecule has 3 heterocycles. The molecule has 29 heavy (non-hydrogen) atoms. The van der Waals surface area contributed by atoms with Gasteiger partial charge in [0.15, 0.2) is 29.7 Å². The molecule has 2 aliphatic rings.